The second-order valence-electron chi connectivity index (χ2n) is 7.56. The number of hydrogen-bond donors (Lipinski definition) is 1. The third-order valence-electron chi connectivity index (χ3n) is 5.26. The molecule has 0 aliphatic carbocycles. The molecule has 4 aromatic rings. The number of rotatable bonds is 7. The van der Waals surface area contributed by atoms with Gasteiger partial charge >= 0.3 is 5.97 Å². The van der Waals surface area contributed by atoms with Crippen LogP contribution in [0, 0.1) is 6.92 Å². The highest BCUT2D eigenvalue weighted by molar-refractivity contribution is 7.90. The second-order valence-corrected chi connectivity index (χ2v) is 11.5. The number of sulfonamides is 1. The number of ether oxygens (including phenoxy) is 1. The Morgan fingerprint density at radius 3 is 2.31 bits per heavy atom. The minimum atomic E-state index is -4.30. The Morgan fingerprint density at radius 2 is 1.69 bits per heavy atom. The number of pyridine rings is 1. The summed E-state index contributed by atoms with van der Waals surface area (Å²) in [5.41, 5.74) is 0.446. The highest BCUT2D eigenvalue weighted by Gasteiger charge is 2.32. The number of aryl methyl sites for hydroxylation is 1. The van der Waals surface area contributed by atoms with Gasteiger partial charge in [0.15, 0.2) is 5.65 Å². The van der Waals surface area contributed by atoms with Crippen molar-refractivity contribution in [3.05, 3.63) is 88.7 Å². The summed E-state index contributed by atoms with van der Waals surface area (Å²) < 4.78 is 61.4. The van der Waals surface area contributed by atoms with Crippen molar-refractivity contribution in [1.29, 1.82) is 0 Å². The third kappa shape index (κ3) is 4.67. The molecule has 0 spiro atoms. The van der Waals surface area contributed by atoms with Crippen LogP contribution in [-0.2, 0) is 31.3 Å². The zero-order chi connectivity index (χ0) is 25.4. The van der Waals surface area contributed by atoms with Gasteiger partial charge in [-0.2, -0.15) is 0 Å². The minimum absolute atomic E-state index is 0.0162. The van der Waals surface area contributed by atoms with Crippen LogP contribution in [0.4, 0.5) is 0 Å². The van der Waals surface area contributed by atoms with Gasteiger partial charge < -0.3 is 4.74 Å². The number of esters is 1. The monoisotopic (exact) mass is 533 g/mol. The van der Waals surface area contributed by atoms with E-state index in [4.69, 9.17) is 16.3 Å². The van der Waals surface area contributed by atoms with Crippen molar-refractivity contribution in [1.82, 2.24) is 13.7 Å². The average molecular weight is 534 g/mol. The Hall–Kier alpha value is -3.25. The van der Waals surface area contributed by atoms with E-state index in [1.807, 2.05) is 6.92 Å². The summed E-state index contributed by atoms with van der Waals surface area (Å²) in [4.78, 5) is 16.8. The molecule has 0 unspecified atom stereocenters. The summed E-state index contributed by atoms with van der Waals surface area (Å²) in [7, 11) is -7.22. The molecule has 2 aromatic heterocycles. The number of nitrogens with one attached hydrogen (secondary N) is 1. The molecule has 0 fully saturated rings. The lowest BCUT2D eigenvalue weighted by molar-refractivity contribution is 0.0601. The summed E-state index contributed by atoms with van der Waals surface area (Å²) in [6.07, 6.45) is 1.24. The predicted molar refractivity (Wildman–Crippen MR) is 130 cm³/mol. The van der Waals surface area contributed by atoms with E-state index in [0.717, 1.165) is 16.6 Å². The maximum atomic E-state index is 13.7. The fraction of sp³-hybridized carbons (Fsp3) is 0.130. The van der Waals surface area contributed by atoms with Crippen molar-refractivity contribution in [3.8, 4) is 0 Å². The van der Waals surface area contributed by atoms with Gasteiger partial charge in [0, 0.05) is 11.6 Å². The molecule has 182 valence electrons. The maximum absolute atomic E-state index is 13.7. The van der Waals surface area contributed by atoms with Gasteiger partial charge in [-0.15, -0.1) is 0 Å². The van der Waals surface area contributed by atoms with E-state index in [9.17, 15) is 21.6 Å². The summed E-state index contributed by atoms with van der Waals surface area (Å²) in [6.45, 7) is 1.28. The highest BCUT2D eigenvalue weighted by Crippen LogP contribution is 2.32. The highest BCUT2D eigenvalue weighted by atomic mass is 35.5. The van der Waals surface area contributed by atoms with Gasteiger partial charge in [-0.05, 0) is 37.3 Å². The number of nitrogens with zero attached hydrogens (tertiary/aromatic N) is 2. The summed E-state index contributed by atoms with van der Waals surface area (Å²) in [5, 5.41) is 0.261. The van der Waals surface area contributed by atoms with Gasteiger partial charge in [-0.1, -0.05) is 47.5 Å². The largest absolute Gasteiger partial charge is 0.465 e. The van der Waals surface area contributed by atoms with Crippen LogP contribution in [0.5, 0.6) is 0 Å². The van der Waals surface area contributed by atoms with Crippen LogP contribution in [-0.4, -0.2) is 38.9 Å². The van der Waals surface area contributed by atoms with E-state index >= 15 is 0 Å². The maximum Gasteiger partial charge on any atom is 0.340 e. The quantitative estimate of drug-likeness (QED) is 0.360. The summed E-state index contributed by atoms with van der Waals surface area (Å²) in [5.74, 6) is -0.870. The number of methoxy groups -OCH3 is 1. The molecule has 0 aliphatic rings. The van der Waals surface area contributed by atoms with Gasteiger partial charge in [0.2, 0.25) is 10.0 Å². The van der Waals surface area contributed by atoms with Crippen LogP contribution in [0.1, 0.15) is 21.6 Å². The molecule has 12 heteroatoms. The summed E-state index contributed by atoms with van der Waals surface area (Å²) in [6, 6.07) is 15.0. The Labute approximate surface area is 207 Å². The molecule has 0 saturated heterocycles. The predicted octanol–water partition coefficient (Wildman–Crippen LogP) is 3.50. The van der Waals surface area contributed by atoms with Gasteiger partial charge in [0.1, 0.15) is 0 Å². The van der Waals surface area contributed by atoms with E-state index < -0.39 is 32.6 Å². The molecule has 0 saturated carbocycles. The lowest BCUT2D eigenvalue weighted by Gasteiger charge is -2.13. The van der Waals surface area contributed by atoms with Crippen molar-refractivity contribution in [3.63, 3.8) is 0 Å². The van der Waals surface area contributed by atoms with Crippen LogP contribution >= 0.6 is 11.6 Å². The standard InChI is InChI=1S/C23H20ClN3O6S2/c1-15-8-10-17(11-9-15)34(29,30)26-14-20-21(23(28)33-2)19-12-16(24)13-25-22(19)27(20)35(31,32)18-6-4-3-5-7-18/h3-13,26H,14H2,1-2H3. The van der Waals surface area contributed by atoms with Crippen LogP contribution in [0.15, 0.2) is 76.7 Å². The zero-order valence-electron chi connectivity index (χ0n) is 18.6. The molecular weight excluding hydrogens is 514 g/mol. The van der Waals surface area contributed by atoms with Gasteiger partial charge in [-0.3, -0.25) is 0 Å². The smallest absolute Gasteiger partial charge is 0.340 e. The van der Waals surface area contributed by atoms with Crippen LogP contribution in [0.3, 0.4) is 0 Å². The van der Waals surface area contributed by atoms with E-state index in [1.165, 1.54) is 36.5 Å². The number of benzene rings is 2. The van der Waals surface area contributed by atoms with Crippen molar-refractivity contribution in [2.45, 2.75) is 23.3 Å². The van der Waals surface area contributed by atoms with Crippen molar-refractivity contribution < 1.29 is 26.4 Å². The van der Waals surface area contributed by atoms with E-state index in [-0.39, 0.29) is 37.1 Å². The van der Waals surface area contributed by atoms with Crippen molar-refractivity contribution in [2.75, 3.05) is 7.11 Å². The first-order valence-corrected chi connectivity index (χ1v) is 13.5. The first-order chi connectivity index (χ1) is 16.6. The first kappa shape index (κ1) is 24.9. The average Bonchev–Trinajstić information content (AvgIpc) is 3.17. The van der Waals surface area contributed by atoms with Crippen LogP contribution in [0.25, 0.3) is 11.0 Å². The first-order valence-electron chi connectivity index (χ1n) is 10.2. The Kier molecular flexibility index (Phi) is 6.69. The SMILES string of the molecule is COC(=O)c1c(CNS(=O)(=O)c2ccc(C)cc2)n(S(=O)(=O)c2ccccc2)c2ncc(Cl)cc12. The molecule has 0 atom stereocenters. The lowest BCUT2D eigenvalue weighted by Crippen LogP contribution is -2.27. The second kappa shape index (κ2) is 9.42. The van der Waals surface area contributed by atoms with Gasteiger partial charge in [-0.25, -0.2) is 35.3 Å². The van der Waals surface area contributed by atoms with Crippen molar-refractivity contribution >= 4 is 48.7 Å². The number of fused-ring (bicyclic) bond motifs is 1. The number of carbonyl (C=O) groups excluding carboxylic acids is 1. The Bertz CT molecular complexity index is 1630. The Balaban J connectivity index is 1.95. The third-order valence-corrected chi connectivity index (χ3v) is 8.63. The number of aromatic nitrogens is 2. The lowest BCUT2D eigenvalue weighted by atomic mass is 10.1. The van der Waals surface area contributed by atoms with Gasteiger partial charge in [0.25, 0.3) is 10.0 Å². The molecule has 9 nitrogen and oxygen atoms in total. The van der Waals surface area contributed by atoms with Crippen molar-refractivity contribution in [2.24, 2.45) is 0 Å². The molecule has 2 heterocycles. The summed E-state index contributed by atoms with van der Waals surface area (Å²) >= 11 is 6.09. The van der Waals surface area contributed by atoms with Gasteiger partial charge in [0.05, 0.1) is 39.7 Å². The fourth-order valence-corrected chi connectivity index (χ4v) is 6.25. The number of hydrogen-bond acceptors (Lipinski definition) is 7. The molecule has 0 aliphatic heterocycles. The van der Waals surface area contributed by atoms with E-state index in [1.54, 1.807) is 30.3 Å². The molecular formula is C23H20ClN3O6S2. The molecule has 2 aromatic carbocycles. The molecule has 0 radical (unpaired) electrons. The number of halogens is 1. The topological polar surface area (TPSA) is 124 Å². The van der Waals surface area contributed by atoms with E-state index in [2.05, 4.69) is 9.71 Å². The Morgan fingerprint density at radius 1 is 1.03 bits per heavy atom. The van der Waals surface area contributed by atoms with Crippen LogP contribution in [0.2, 0.25) is 5.02 Å². The zero-order valence-corrected chi connectivity index (χ0v) is 21.0. The molecule has 0 amide bonds. The molecule has 0 bridgehead atoms. The molecule has 35 heavy (non-hydrogen) atoms. The normalized spacial score (nSPS) is 12.1. The van der Waals surface area contributed by atoms with E-state index in [0.29, 0.717) is 0 Å². The number of carbonyl (C=O) groups is 1. The fourth-order valence-electron chi connectivity index (χ4n) is 3.57. The molecule has 4 rings (SSSR count). The molecule has 1 N–H and O–H groups in total. The van der Waals surface area contributed by atoms with Crippen LogP contribution < -0.4 is 4.72 Å². The minimum Gasteiger partial charge on any atom is -0.465 e.